The summed E-state index contributed by atoms with van der Waals surface area (Å²) in [5.74, 6) is 1.48. The fourth-order valence-corrected chi connectivity index (χ4v) is 5.49. The quantitative estimate of drug-likeness (QED) is 0.354. The van der Waals surface area contributed by atoms with Crippen LogP contribution in [0.5, 0.6) is 0 Å². The third-order valence-corrected chi connectivity index (χ3v) is 7.36. The van der Waals surface area contributed by atoms with Gasteiger partial charge in [0, 0.05) is 44.6 Å². The van der Waals surface area contributed by atoms with Crippen LogP contribution in [0.1, 0.15) is 35.4 Å². The summed E-state index contributed by atoms with van der Waals surface area (Å²) in [6.07, 6.45) is 7.08. The smallest absolute Gasteiger partial charge is 0.278 e. The van der Waals surface area contributed by atoms with Gasteiger partial charge in [-0.2, -0.15) is 5.26 Å². The van der Waals surface area contributed by atoms with E-state index in [1.165, 1.54) is 6.33 Å². The third kappa shape index (κ3) is 4.82. The summed E-state index contributed by atoms with van der Waals surface area (Å²) < 4.78 is 5.58. The maximum absolute atomic E-state index is 14.1. The molecule has 9 heteroatoms. The van der Waals surface area contributed by atoms with E-state index in [9.17, 15) is 10.1 Å². The standard InChI is InChI=1S/C30H30N8O/c31-16-25-27-28(38(18-23-10-5-2-6-11-23)29(25)36-14-7-12-24(32)19-36)30(39)37(21-34-27)20-26-33-13-15-35(26)17-22-8-3-1-4-9-22/h1-6,8-11,13,15,21,24H,7,12,14,17-20,32H2. The number of nitrogens with zero attached hydrogens (tertiary/aromatic N) is 7. The lowest BCUT2D eigenvalue weighted by molar-refractivity contribution is 0.498. The van der Waals surface area contributed by atoms with Crippen molar-refractivity contribution in [1.82, 2.24) is 23.7 Å². The molecule has 1 aliphatic rings. The summed E-state index contributed by atoms with van der Waals surface area (Å²) in [6, 6.07) is 22.5. The molecule has 0 amide bonds. The number of aromatic nitrogens is 5. The Hall–Kier alpha value is -4.68. The third-order valence-electron chi connectivity index (χ3n) is 7.36. The molecule has 1 fully saturated rings. The molecule has 4 heterocycles. The van der Waals surface area contributed by atoms with E-state index in [0.29, 0.717) is 36.2 Å². The van der Waals surface area contributed by atoms with E-state index in [1.54, 1.807) is 10.8 Å². The highest BCUT2D eigenvalue weighted by molar-refractivity contribution is 5.89. The maximum Gasteiger partial charge on any atom is 0.278 e. The predicted molar refractivity (Wildman–Crippen MR) is 151 cm³/mol. The normalized spacial score (nSPS) is 15.5. The van der Waals surface area contributed by atoms with E-state index in [2.05, 4.69) is 33.1 Å². The van der Waals surface area contributed by atoms with Crippen LogP contribution in [0.15, 0.2) is 84.2 Å². The van der Waals surface area contributed by atoms with Crippen molar-refractivity contribution in [3.8, 4) is 6.07 Å². The van der Waals surface area contributed by atoms with Gasteiger partial charge < -0.3 is 19.8 Å². The average Bonchev–Trinajstić information content (AvgIpc) is 3.53. The van der Waals surface area contributed by atoms with Crippen molar-refractivity contribution in [2.75, 3.05) is 18.0 Å². The zero-order chi connectivity index (χ0) is 26.8. The SMILES string of the molecule is N#Cc1c(N2CCCC(N)C2)n(Cc2ccccc2)c2c(=O)n(Cc3nccn3Cc3ccccc3)cnc12. The zero-order valence-corrected chi connectivity index (χ0v) is 21.6. The molecule has 3 aromatic heterocycles. The summed E-state index contributed by atoms with van der Waals surface area (Å²) in [5.41, 5.74) is 9.59. The molecule has 6 rings (SSSR count). The topological polar surface area (TPSA) is 111 Å². The van der Waals surface area contributed by atoms with Crippen molar-refractivity contribution >= 4 is 16.9 Å². The van der Waals surface area contributed by atoms with E-state index in [-0.39, 0.29) is 18.1 Å². The molecule has 39 heavy (non-hydrogen) atoms. The van der Waals surface area contributed by atoms with Gasteiger partial charge in [0.15, 0.2) is 0 Å². The van der Waals surface area contributed by atoms with E-state index in [1.807, 2.05) is 63.9 Å². The minimum atomic E-state index is -0.200. The van der Waals surface area contributed by atoms with Gasteiger partial charge in [0.25, 0.3) is 5.56 Å². The Bertz CT molecular complexity index is 1690. The van der Waals surface area contributed by atoms with Crippen molar-refractivity contribution < 1.29 is 0 Å². The molecule has 0 bridgehead atoms. The number of imidazole rings is 1. The molecular weight excluding hydrogens is 488 g/mol. The molecule has 0 radical (unpaired) electrons. The molecule has 1 unspecified atom stereocenters. The number of benzene rings is 2. The Morgan fingerprint density at radius 1 is 0.949 bits per heavy atom. The van der Waals surface area contributed by atoms with Crippen molar-refractivity contribution in [3.63, 3.8) is 0 Å². The molecule has 9 nitrogen and oxygen atoms in total. The van der Waals surface area contributed by atoms with Crippen LogP contribution in [0, 0.1) is 11.3 Å². The number of fused-ring (bicyclic) bond motifs is 1. The van der Waals surface area contributed by atoms with Crippen LogP contribution in [0.4, 0.5) is 5.82 Å². The zero-order valence-electron chi connectivity index (χ0n) is 21.6. The second-order valence-electron chi connectivity index (χ2n) is 10.1. The highest BCUT2D eigenvalue weighted by Crippen LogP contribution is 2.32. The Morgan fingerprint density at radius 3 is 2.36 bits per heavy atom. The summed E-state index contributed by atoms with van der Waals surface area (Å²) in [5, 5.41) is 10.3. The molecule has 0 saturated carbocycles. The Morgan fingerprint density at radius 2 is 1.67 bits per heavy atom. The highest BCUT2D eigenvalue weighted by Gasteiger charge is 2.28. The van der Waals surface area contributed by atoms with Gasteiger partial charge in [0.1, 0.15) is 34.3 Å². The average molecular weight is 519 g/mol. The number of anilines is 1. The van der Waals surface area contributed by atoms with Crippen LogP contribution >= 0.6 is 0 Å². The maximum atomic E-state index is 14.1. The van der Waals surface area contributed by atoms with Crippen molar-refractivity contribution in [3.05, 3.63) is 112 Å². The second-order valence-corrected chi connectivity index (χ2v) is 10.1. The van der Waals surface area contributed by atoms with Crippen LogP contribution in [-0.4, -0.2) is 42.8 Å². The molecule has 1 saturated heterocycles. The lowest BCUT2D eigenvalue weighted by Crippen LogP contribution is -2.44. The number of hydrogen-bond acceptors (Lipinski definition) is 6. The van der Waals surface area contributed by atoms with Crippen LogP contribution in [0.3, 0.4) is 0 Å². The van der Waals surface area contributed by atoms with E-state index in [4.69, 9.17) is 5.73 Å². The number of nitrogens with two attached hydrogens (primary N) is 1. The van der Waals surface area contributed by atoms with Crippen LogP contribution in [0.2, 0.25) is 0 Å². The first kappa shape index (κ1) is 24.6. The second kappa shape index (κ2) is 10.6. The fraction of sp³-hybridized carbons (Fsp3) is 0.267. The summed E-state index contributed by atoms with van der Waals surface area (Å²) in [4.78, 5) is 25.4. The lowest BCUT2D eigenvalue weighted by Gasteiger charge is -2.33. The van der Waals surface area contributed by atoms with E-state index in [0.717, 1.165) is 42.2 Å². The molecule has 0 spiro atoms. The first-order valence-corrected chi connectivity index (χ1v) is 13.2. The largest absolute Gasteiger partial charge is 0.355 e. The molecular formula is C30H30N8O. The van der Waals surface area contributed by atoms with Gasteiger partial charge in [-0.25, -0.2) is 9.97 Å². The van der Waals surface area contributed by atoms with Crippen molar-refractivity contribution in [2.24, 2.45) is 5.73 Å². The Kier molecular flexibility index (Phi) is 6.69. The van der Waals surface area contributed by atoms with Crippen molar-refractivity contribution in [2.45, 2.75) is 38.5 Å². The first-order chi connectivity index (χ1) is 19.1. The monoisotopic (exact) mass is 518 g/mol. The van der Waals surface area contributed by atoms with Crippen LogP contribution in [-0.2, 0) is 19.6 Å². The van der Waals surface area contributed by atoms with Crippen LogP contribution in [0.25, 0.3) is 11.0 Å². The van der Waals surface area contributed by atoms with Gasteiger partial charge >= 0.3 is 0 Å². The van der Waals surface area contributed by atoms with Gasteiger partial charge in [0.05, 0.1) is 12.9 Å². The fourth-order valence-electron chi connectivity index (χ4n) is 5.49. The number of piperidine rings is 1. The molecule has 196 valence electrons. The number of rotatable bonds is 7. The summed E-state index contributed by atoms with van der Waals surface area (Å²) in [7, 11) is 0. The molecule has 2 aromatic carbocycles. The first-order valence-electron chi connectivity index (χ1n) is 13.2. The predicted octanol–water partition coefficient (Wildman–Crippen LogP) is 3.34. The van der Waals surface area contributed by atoms with Gasteiger partial charge in [-0.15, -0.1) is 0 Å². The Labute approximate surface area is 226 Å². The van der Waals surface area contributed by atoms with Gasteiger partial charge in [-0.05, 0) is 24.0 Å². The van der Waals surface area contributed by atoms with Crippen molar-refractivity contribution in [1.29, 1.82) is 5.26 Å². The van der Waals surface area contributed by atoms with Gasteiger partial charge in [-0.3, -0.25) is 9.36 Å². The minimum Gasteiger partial charge on any atom is -0.355 e. The molecule has 2 N–H and O–H groups in total. The van der Waals surface area contributed by atoms with Gasteiger partial charge in [-0.1, -0.05) is 60.7 Å². The molecule has 5 aromatic rings. The van der Waals surface area contributed by atoms with Crippen LogP contribution < -0.4 is 16.2 Å². The Balaban J connectivity index is 1.46. The summed E-state index contributed by atoms with van der Waals surface area (Å²) >= 11 is 0. The van der Waals surface area contributed by atoms with Gasteiger partial charge in [0.2, 0.25) is 0 Å². The molecule has 0 aliphatic carbocycles. The van der Waals surface area contributed by atoms with E-state index >= 15 is 0 Å². The van der Waals surface area contributed by atoms with E-state index < -0.39 is 0 Å². The lowest BCUT2D eigenvalue weighted by atomic mass is 10.1. The molecule has 1 atom stereocenters. The minimum absolute atomic E-state index is 0.0153. The highest BCUT2D eigenvalue weighted by atomic mass is 16.1. The number of nitriles is 1. The molecule has 1 aliphatic heterocycles. The number of hydrogen-bond donors (Lipinski definition) is 1. The summed E-state index contributed by atoms with van der Waals surface area (Å²) in [6.45, 7) is 2.78.